The van der Waals surface area contributed by atoms with Gasteiger partial charge in [0.2, 0.25) is 5.91 Å². The zero-order valence-corrected chi connectivity index (χ0v) is 12.3. The summed E-state index contributed by atoms with van der Waals surface area (Å²) < 4.78 is 0. The van der Waals surface area contributed by atoms with Crippen molar-refractivity contribution in [1.29, 1.82) is 0 Å². The molecule has 0 aromatic heterocycles. The average Bonchev–Trinajstić information content (AvgIpc) is 2.38. The van der Waals surface area contributed by atoms with E-state index in [0.29, 0.717) is 10.9 Å². The van der Waals surface area contributed by atoms with Gasteiger partial charge in [0, 0.05) is 12.5 Å². The van der Waals surface area contributed by atoms with Crippen molar-refractivity contribution in [2.24, 2.45) is 11.7 Å². The van der Waals surface area contributed by atoms with Gasteiger partial charge in [0.15, 0.2) is 0 Å². The van der Waals surface area contributed by atoms with Crippen molar-refractivity contribution in [2.45, 2.75) is 45.6 Å². The van der Waals surface area contributed by atoms with E-state index in [-0.39, 0.29) is 11.9 Å². The van der Waals surface area contributed by atoms with Gasteiger partial charge >= 0.3 is 0 Å². The molecular weight excluding hydrogens is 246 g/mol. The Morgan fingerprint density at radius 1 is 1.50 bits per heavy atom. The van der Waals surface area contributed by atoms with E-state index in [1.54, 1.807) is 0 Å². The third kappa shape index (κ3) is 4.53. The Labute approximate surface area is 115 Å². The van der Waals surface area contributed by atoms with Gasteiger partial charge in [0.1, 0.15) is 0 Å². The molecule has 5 heteroatoms. The van der Waals surface area contributed by atoms with Crippen molar-refractivity contribution < 1.29 is 4.79 Å². The summed E-state index contributed by atoms with van der Waals surface area (Å²) in [5.41, 5.74) is 5.66. The van der Waals surface area contributed by atoms with Crippen LogP contribution in [-0.2, 0) is 4.79 Å². The highest BCUT2D eigenvalue weighted by Gasteiger charge is 2.27. The Morgan fingerprint density at radius 3 is 2.61 bits per heavy atom. The van der Waals surface area contributed by atoms with Crippen LogP contribution in [-0.4, -0.2) is 41.5 Å². The molecule has 4 nitrogen and oxygen atoms in total. The molecule has 1 atom stereocenters. The second-order valence-corrected chi connectivity index (χ2v) is 5.50. The lowest BCUT2D eigenvalue weighted by molar-refractivity contribution is -0.126. The molecule has 18 heavy (non-hydrogen) atoms. The number of likely N-dealkylation sites (tertiary alicyclic amines) is 1. The molecule has 1 saturated heterocycles. The normalized spacial score (nSPS) is 19.4. The van der Waals surface area contributed by atoms with Crippen LogP contribution in [0.4, 0.5) is 0 Å². The summed E-state index contributed by atoms with van der Waals surface area (Å²) in [4.78, 5) is 14.8. The lowest BCUT2D eigenvalue weighted by Crippen LogP contribution is -2.49. The Kier molecular flexibility index (Phi) is 6.57. The van der Waals surface area contributed by atoms with E-state index in [4.69, 9.17) is 18.0 Å². The van der Waals surface area contributed by atoms with Crippen LogP contribution in [0.3, 0.4) is 0 Å². The van der Waals surface area contributed by atoms with Crippen LogP contribution in [0.25, 0.3) is 0 Å². The van der Waals surface area contributed by atoms with Gasteiger partial charge in [-0.15, -0.1) is 0 Å². The maximum absolute atomic E-state index is 11.9. The molecule has 0 aromatic rings. The highest BCUT2D eigenvalue weighted by Crippen LogP contribution is 2.19. The summed E-state index contributed by atoms with van der Waals surface area (Å²) in [5.74, 6) is 0.490. The smallest absolute Gasteiger partial charge is 0.237 e. The number of unbranched alkanes of at least 4 members (excludes halogenated alkanes) is 1. The van der Waals surface area contributed by atoms with E-state index in [2.05, 4.69) is 17.1 Å². The predicted octanol–water partition coefficient (Wildman–Crippen LogP) is 1.29. The fourth-order valence-corrected chi connectivity index (χ4v) is 2.51. The third-order valence-electron chi connectivity index (χ3n) is 3.69. The van der Waals surface area contributed by atoms with Gasteiger partial charge in [-0.3, -0.25) is 9.69 Å². The topological polar surface area (TPSA) is 58.4 Å². The molecule has 104 valence electrons. The van der Waals surface area contributed by atoms with E-state index < -0.39 is 0 Å². The summed E-state index contributed by atoms with van der Waals surface area (Å²) in [7, 11) is 0. The zero-order chi connectivity index (χ0) is 13.5. The van der Waals surface area contributed by atoms with Crippen molar-refractivity contribution in [1.82, 2.24) is 10.2 Å². The number of carbonyl (C=O) groups excluding carboxylic acids is 1. The largest absolute Gasteiger partial charge is 0.393 e. The first-order valence-electron chi connectivity index (χ1n) is 6.87. The van der Waals surface area contributed by atoms with Crippen molar-refractivity contribution in [3.63, 3.8) is 0 Å². The predicted molar refractivity (Wildman–Crippen MR) is 78.5 cm³/mol. The van der Waals surface area contributed by atoms with Gasteiger partial charge in [-0.1, -0.05) is 25.6 Å². The van der Waals surface area contributed by atoms with Crippen molar-refractivity contribution in [3.8, 4) is 0 Å². The van der Waals surface area contributed by atoms with Gasteiger partial charge in [0.25, 0.3) is 0 Å². The third-order valence-corrected chi connectivity index (χ3v) is 4.02. The molecule has 0 spiro atoms. The Hall–Kier alpha value is -0.680. The van der Waals surface area contributed by atoms with E-state index >= 15 is 0 Å². The maximum atomic E-state index is 11.9. The van der Waals surface area contributed by atoms with Gasteiger partial charge in [-0.2, -0.15) is 0 Å². The number of nitrogens with zero attached hydrogens (tertiary/aromatic N) is 1. The van der Waals surface area contributed by atoms with Gasteiger partial charge in [-0.05, 0) is 39.3 Å². The monoisotopic (exact) mass is 271 g/mol. The van der Waals surface area contributed by atoms with Crippen molar-refractivity contribution in [3.05, 3.63) is 0 Å². The molecule has 0 aromatic carbocycles. The van der Waals surface area contributed by atoms with Crippen LogP contribution in [0.2, 0.25) is 0 Å². The number of rotatable bonds is 6. The lowest BCUT2D eigenvalue weighted by Gasteiger charge is -2.34. The first-order valence-corrected chi connectivity index (χ1v) is 7.28. The van der Waals surface area contributed by atoms with Crippen molar-refractivity contribution >= 4 is 23.1 Å². The van der Waals surface area contributed by atoms with Gasteiger partial charge in [0.05, 0.1) is 11.0 Å². The second-order valence-electron chi connectivity index (χ2n) is 5.03. The number of hydrogen-bond donors (Lipinski definition) is 2. The Bertz CT molecular complexity index is 288. The van der Waals surface area contributed by atoms with Gasteiger partial charge < -0.3 is 11.1 Å². The van der Waals surface area contributed by atoms with Crippen LogP contribution < -0.4 is 11.1 Å². The molecule has 0 aliphatic carbocycles. The number of nitrogens with two attached hydrogens (primary N) is 1. The van der Waals surface area contributed by atoms with Gasteiger partial charge in [-0.25, -0.2) is 0 Å². The first-order chi connectivity index (χ1) is 8.56. The fourth-order valence-electron chi connectivity index (χ4n) is 2.27. The molecule has 1 aliphatic rings. The number of hydrogen-bond acceptors (Lipinski definition) is 3. The highest BCUT2D eigenvalue weighted by molar-refractivity contribution is 7.80. The number of thiocarbonyl (C=S) groups is 1. The number of nitrogens with one attached hydrogen (secondary N) is 1. The molecule has 1 fully saturated rings. The molecular formula is C13H25N3OS. The molecule has 1 aliphatic heterocycles. The van der Waals surface area contributed by atoms with Crippen LogP contribution in [0, 0.1) is 5.92 Å². The number of piperidine rings is 1. The van der Waals surface area contributed by atoms with E-state index in [9.17, 15) is 4.79 Å². The van der Waals surface area contributed by atoms with Crippen LogP contribution in [0.5, 0.6) is 0 Å². The SMILES string of the molecule is CCCCNC(=O)C(C)N1CCC(C(N)=S)CC1. The summed E-state index contributed by atoms with van der Waals surface area (Å²) in [5, 5.41) is 2.98. The van der Waals surface area contributed by atoms with Crippen LogP contribution in [0.15, 0.2) is 0 Å². The van der Waals surface area contributed by atoms with Crippen LogP contribution in [0.1, 0.15) is 39.5 Å². The standard InChI is InChI=1S/C13H25N3OS/c1-3-4-7-15-13(17)10(2)16-8-5-11(6-9-16)12(14)18/h10-11H,3-9H2,1-2H3,(H2,14,18)(H,15,17). The minimum Gasteiger partial charge on any atom is -0.393 e. The summed E-state index contributed by atoms with van der Waals surface area (Å²) in [6.07, 6.45) is 4.10. The molecule has 0 radical (unpaired) electrons. The zero-order valence-electron chi connectivity index (χ0n) is 11.4. The molecule has 0 saturated carbocycles. The van der Waals surface area contributed by atoms with E-state index in [0.717, 1.165) is 45.3 Å². The summed E-state index contributed by atoms with van der Waals surface area (Å²) in [6.45, 7) is 6.69. The average molecular weight is 271 g/mol. The van der Waals surface area contributed by atoms with Crippen molar-refractivity contribution in [2.75, 3.05) is 19.6 Å². The fraction of sp³-hybridized carbons (Fsp3) is 0.846. The Morgan fingerprint density at radius 2 is 2.11 bits per heavy atom. The quantitative estimate of drug-likeness (QED) is 0.564. The number of amides is 1. The molecule has 1 rings (SSSR count). The summed E-state index contributed by atoms with van der Waals surface area (Å²) >= 11 is 5.02. The number of carbonyl (C=O) groups is 1. The lowest BCUT2D eigenvalue weighted by atomic mass is 9.96. The Balaban J connectivity index is 2.32. The molecule has 0 bridgehead atoms. The maximum Gasteiger partial charge on any atom is 0.237 e. The summed E-state index contributed by atoms with van der Waals surface area (Å²) in [6, 6.07) is -0.0471. The highest BCUT2D eigenvalue weighted by atomic mass is 32.1. The van der Waals surface area contributed by atoms with E-state index in [1.807, 2.05) is 6.92 Å². The first kappa shape index (κ1) is 15.4. The minimum absolute atomic E-state index is 0.0471. The molecule has 1 heterocycles. The molecule has 3 N–H and O–H groups in total. The molecule has 1 amide bonds. The van der Waals surface area contributed by atoms with Crippen LogP contribution >= 0.6 is 12.2 Å². The second kappa shape index (κ2) is 7.69. The minimum atomic E-state index is -0.0471. The molecule has 1 unspecified atom stereocenters. The van der Waals surface area contributed by atoms with E-state index in [1.165, 1.54) is 0 Å².